The number of carbonyl (C=O) groups excluding carboxylic acids is 1. The molecule has 0 spiro atoms. The Morgan fingerprint density at radius 2 is 2.21 bits per heavy atom. The zero-order valence-corrected chi connectivity index (χ0v) is 14.1. The zero-order chi connectivity index (χ0) is 17.1. The molecule has 0 atom stereocenters. The average Bonchev–Trinajstić information content (AvgIpc) is 3.34. The maximum Gasteiger partial charge on any atom is 0.253 e. The van der Waals surface area contributed by atoms with Gasteiger partial charge in [0.05, 0.1) is 17.7 Å². The lowest BCUT2D eigenvalue weighted by Gasteiger charge is -2.08. The van der Waals surface area contributed by atoms with Crippen LogP contribution in [0.5, 0.6) is 0 Å². The van der Waals surface area contributed by atoms with Crippen molar-refractivity contribution in [2.24, 2.45) is 0 Å². The summed E-state index contributed by atoms with van der Waals surface area (Å²) in [5.74, 6) is 0.451. The molecule has 2 heterocycles. The van der Waals surface area contributed by atoms with Crippen molar-refractivity contribution in [3.63, 3.8) is 0 Å². The van der Waals surface area contributed by atoms with Crippen molar-refractivity contribution in [2.45, 2.75) is 52.0 Å². The Kier molecular flexibility index (Phi) is 4.78. The lowest BCUT2D eigenvalue weighted by Crippen LogP contribution is -2.31. The van der Waals surface area contributed by atoms with Crippen LogP contribution in [0, 0.1) is 13.8 Å². The minimum Gasteiger partial charge on any atom is -0.354 e. The van der Waals surface area contributed by atoms with Gasteiger partial charge in [-0.3, -0.25) is 19.3 Å². The molecule has 3 rings (SSSR count). The van der Waals surface area contributed by atoms with Gasteiger partial charge in [-0.25, -0.2) is 4.98 Å². The van der Waals surface area contributed by atoms with Gasteiger partial charge in [-0.2, -0.15) is 5.10 Å². The number of aromatic amines is 1. The van der Waals surface area contributed by atoms with Gasteiger partial charge in [0.2, 0.25) is 5.91 Å². The monoisotopic (exact) mass is 329 g/mol. The predicted octanol–water partition coefficient (Wildman–Crippen LogP) is 1.21. The molecule has 0 unspecified atom stereocenters. The van der Waals surface area contributed by atoms with E-state index in [4.69, 9.17) is 0 Å². The van der Waals surface area contributed by atoms with E-state index in [2.05, 4.69) is 20.5 Å². The van der Waals surface area contributed by atoms with Crippen LogP contribution in [0.2, 0.25) is 0 Å². The molecule has 1 amide bonds. The number of hydrogen-bond acceptors (Lipinski definition) is 4. The summed E-state index contributed by atoms with van der Waals surface area (Å²) in [6, 6.07) is 1.62. The Balaban J connectivity index is 1.44. The summed E-state index contributed by atoms with van der Waals surface area (Å²) in [6.07, 6.45) is 4.91. The van der Waals surface area contributed by atoms with E-state index in [-0.39, 0.29) is 11.5 Å². The van der Waals surface area contributed by atoms with Crippen LogP contribution >= 0.6 is 0 Å². The predicted molar refractivity (Wildman–Crippen MR) is 89.9 cm³/mol. The fourth-order valence-electron chi connectivity index (χ4n) is 2.80. The van der Waals surface area contributed by atoms with Crippen LogP contribution in [0.1, 0.15) is 47.8 Å². The van der Waals surface area contributed by atoms with E-state index in [9.17, 15) is 9.59 Å². The van der Waals surface area contributed by atoms with Crippen molar-refractivity contribution in [1.82, 2.24) is 25.1 Å². The molecule has 7 nitrogen and oxygen atoms in total. The Labute approximate surface area is 140 Å². The van der Waals surface area contributed by atoms with Crippen molar-refractivity contribution in [1.29, 1.82) is 0 Å². The normalized spacial score (nSPS) is 13.9. The van der Waals surface area contributed by atoms with Gasteiger partial charge >= 0.3 is 0 Å². The number of rotatable bonds is 7. The lowest BCUT2D eigenvalue weighted by atomic mass is 10.1. The average molecular weight is 329 g/mol. The number of H-pyrrole nitrogens is 1. The van der Waals surface area contributed by atoms with Gasteiger partial charge in [0.15, 0.2) is 0 Å². The summed E-state index contributed by atoms with van der Waals surface area (Å²) < 4.78 is 1.54. The molecule has 24 heavy (non-hydrogen) atoms. The van der Waals surface area contributed by atoms with Crippen LogP contribution < -0.4 is 10.9 Å². The molecule has 0 bridgehead atoms. The van der Waals surface area contributed by atoms with E-state index >= 15 is 0 Å². The van der Waals surface area contributed by atoms with E-state index < -0.39 is 0 Å². The highest BCUT2D eigenvalue weighted by Crippen LogP contribution is 2.38. The molecule has 2 N–H and O–H groups in total. The number of carbonyl (C=O) groups is 1. The molecule has 2 aromatic rings. The molecular formula is C17H23N5O2. The number of hydrogen-bond donors (Lipinski definition) is 2. The highest BCUT2D eigenvalue weighted by Gasteiger charge is 2.25. The first-order chi connectivity index (χ1) is 11.5. The fourth-order valence-corrected chi connectivity index (χ4v) is 2.80. The highest BCUT2D eigenvalue weighted by atomic mass is 16.1. The van der Waals surface area contributed by atoms with Crippen LogP contribution in [0.4, 0.5) is 0 Å². The molecule has 0 aromatic carbocycles. The molecule has 2 aromatic heterocycles. The van der Waals surface area contributed by atoms with E-state index in [1.54, 1.807) is 12.4 Å². The van der Waals surface area contributed by atoms with E-state index in [0.717, 1.165) is 35.5 Å². The summed E-state index contributed by atoms with van der Waals surface area (Å²) in [4.78, 5) is 28.3. The number of aromatic nitrogens is 4. The molecule has 128 valence electrons. The van der Waals surface area contributed by atoms with Crippen LogP contribution in [0.3, 0.4) is 0 Å². The van der Waals surface area contributed by atoms with Gasteiger partial charge in [-0.05, 0) is 38.7 Å². The standard InChI is InChI=1S/C17H23N5O2/c1-11-14(12(2)21-20-11)5-6-16(23)18-7-8-22-10-19-15(9-17(22)24)13-3-4-13/h9-10,13H,3-8H2,1-2H3,(H,18,23)(H,20,21). The van der Waals surface area contributed by atoms with Crippen molar-refractivity contribution in [2.75, 3.05) is 6.54 Å². The molecule has 1 aliphatic rings. The molecule has 7 heteroatoms. The molecular weight excluding hydrogens is 306 g/mol. The number of aryl methyl sites for hydroxylation is 2. The molecule has 1 fully saturated rings. The third-order valence-corrected chi connectivity index (χ3v) is 4.45. The molecule has 0 saturated heterocycles. The lowest BCUT2D eigenvalue weighted by molar-refractivity contribution is -0.121. The Hall–Kier alpha value is -2.44. The van der Waals surface area contributed by atoms with Gasteiger partial charge in [-0.1, -0.05) is 0 Å². The third-order valence-electron chi connectivity index (χ3n) is 4.45. The first-order valence-electron chi connectivity index (χ1n) is 8.38. The first kappa shape index (κ1) is 16.4. The highest BCUT2D eigenvalue weighted by molar-refractivity contribution is 5.76. The third kappa shape index (κ3) is 3.90. The maximum absolute atomic E-state index is 12.0. The number of nitrogens with one attached hydrogen (secondary N) is 2. The van der Waals surface area contributed by atoms with E-state index in [1.807, 2.05) is 13.8 Å². The molecule has 1 aliphatic carbocycles. The first-order valence-corrected chi connectivity index (χ1v) is 8.38. The van der Waals surface area contributed by atoms with Gasteiger partial charge in [-0.15, -0.1) is 0 Å². The van der Waals surface area contributed by atoms with Gasteiger partial charge < -0.3 is 5.32 Å². The second kappa shape index (κ2) is 6.98. The Morgan fingerprint density at radius 3 is 2.83 bits per heavy atom. The quantitative estimate of drug-likeness (QED) is 0.798. The van der Waals surface area contributed by atoms with Crippen molar-refractivity contribution < 1.29 is 4.79 Å². The van der Waals surface area contributed by atoms with E-state index in [1.165, 1.54) is 4.57 Å². The molecule has 1 saturated carbocycles. The van der Waals surface area contributed by atoms with Crippen LogP contribution in [0.25, 0.3) is 0 Å². The van der Waals surface area contributed by atoms with Crippen molar-refractivity contribution in [3.05, 3.63) is 45.4 Å². The molecule has 0 radical (unpaired) electrons. The summed E-state index contributed by atoms with van der Waals surface area (Å²) in [5, 5.41) is 9.90. The summed E-state index contributed by atoms with van der Waals surface area (Å²) in [7, 11) is 0. The second-order valence-electron chi connectivity index (χ2n) is 6.38. The largest absolute Gasteiger partial charge is 0.354 e. The minimum absolute atomic E-state index is 0.0226. The smallest absolute Gasteiger partial charge is 0.253 e. The van der Waals surface area contributed by atoms with Crippen molar-refractivity contribution in [3.8, 4) is 0 Å². The van der Waals surface area contributed by atoms with E-state index in [0.29, 0.717) is 31.8 Å². The van der Waals surface area contributed by atoms with Crippen LogP contribution in [0.15, 0.2) is 17.2 Å². The van der Waals surface area contributed by atoms with Crippen molar-refractivity contribution >= 4 is 5.91 Å². The summed E-state index contributed by atoms with van der Waals surface area (Å²) in [5.41, 5.74) is 3.89. The summed E-state index contributed by atoms with van der Waals surface area (Å²) in [6.45, 7) is 4.75. The van der Waals surface area contributed by atoms with Gasteiger partial charge in [0.1, 0.15) is 0 Å². The minimum atomic E-state index is -0.0502. The zero-order valence-electron chi connectivity index (χ0n) is 14.1. The van der Waals surface area contributed by atoms with Crippen LogP contribution in [-0.2, 0) is 17.8 Å². The fraction of sp³-hybridized carbons (Fsp3) is 0.529. The topological polar surface area (TPSA) is 92.7 Å². The SMILES string of the molecule is Cc1n[nH]c(C)c1CCC(=O)NCCn1cnc(C2CC2)cc1=O. The number of nitrogens with zero attached hydrogens (tertiary/aromatic N) is 3. The Morgan fingerprint density at radius 1 is 1.42 bits per heavy atom. The molecule has 0 aliphatic heterocycles. The number of amides is 1. The second-order valence-corrected chi connectivity index (χ2v) is 6.38. The van der Waals surface area contributed by atoms with Crippen LogP contribution in [-0.4, -0.2) is 32.2 Å². The van der Waals surface area contributed by atoms with Gasteiger partial charge in [0, 0.05) is 37.2 Å². The summed E-state index contributed by atoms with van der Waals surface area (Å²) >= 11 is 0. The Bertz CT molecular complexity index is 769. The van der Waals surface area contributed by atoms with Gasteiger partial charge in [0.25, 0.3) is 5.56 Å². The maximum atomic E-state index is 12.0.